The van der Waals surface area contributed by atoms with Gasteiger partial charge in [0.05, 0.1) is 0 Å². The monoisotopic (exact) mass is 206 g/mol. The number of hydrogen-bond donors (Lipinski definition) is 1. The zero-order chi connectivity index (χ0) is 10.1. The molecule has 0 aliphatic heterocycles. The van der Waals surface area contributed by atoms with Crippen molar-refractivity contribution in [2.75, 3.05) is 0 Å². The van der Waals surface area contributed by atoms with Crippen LogP contribution in [0.15, 0.2) is 18.3 Å². The third-order valence-electron chi connectivity index (χ3n) is 2.03. The van der Waals surface area contributed by atoms with Gasteiger partial charge in [-0.15, -0.1) is 11.3 Å². The molecule has 0 unspecified atom stereocenters. The van der Waals surface area contributed by atoms with Gasteiger partial charge in [0.2, 0.25) is 5.78 Å². The fourth-order valence-electron chi connectivity index (χ4n) is 1.38. The molecule has 0 spiro atoms. The Kier molecular flexibility index (Phi) is 2.21. The molecule has 0 radical (unpaired) electrons. The molecular weight excluding hydrogens is 196 g/mol. The molecule has 0 aromatic carbocycles. The molecule has 0 aliphatic carbocycles. The number of aryl methyl sites for hydroxylation is 2. The number of nitrogens with one attached hydrogen (secondary N) is 1. The first-order valence-corrected chi connectivity index (χ1v) is 5.11. The van der Waals surface area contributed by atoms with E-state index in [0.29, 0.717) is 5.69 Å². The number of carbonyl (C=O) groups is 1. The lowest BCUT2D eigenvalue weighted by atomic mass is 10.1. The van der Waals surface area contributed by atoms with Crippen molar-refractivity contribution in [2.24, 2.45) is 0 Å². The van der Waals surface area contributed by atoms with Gasteiger partial charge in [0.25, 0.3) is 0 Å². The Bertz CT molecular complexity index is 456. The second-order valence-corrected chi connectivity index (χ2v) is 4.59. The number of ketones is 1. The summed E-state index contributed by atoms with van der Waals surface area (Å²) in [5.74, 6) is 0.0179. The summed E-state index contributed by atoms with van der Waals surface area (Å²) in [6.07, 6.45) is 1.59. The van der Waals surface area contributed by atoms with Crippen molar-refractivity contribution >= 4 is 17.1 Å². The minimum atomic E-state index is 0.0179. The molecule has 3 nitrogen and oxygen atoms in total. The van der Waals surface area contributed by atoms with E-state index in [4.69, 9.17) is 0 Å². The molecule has 4 heteroatoms. The van der Waals surface area contributed by atoms with E-state index >= 15 is 0 Å². The van der Waals surface area contributed by atoms with E-state index in [2.05, 4.69) is 10.2 Å². The van der Waals surface area contributed by atoms with Crippen molar-refractivity contribution in [3.8, 4) is 0 Å². The summed E-state index contributed by atoms with van der Waals surface area (Å²) in [4.78, 5) is 14.1. The predicted molar refractivity (Wildman–Crippen MR) is 55.8 cm³/mol. The van der Waals surface area contributed by atoms with Crippen molar-refractivity contribution in [3.63, 3.8) is 0 Å². The number of hydrogen-bond acceptors (Lipinski definition) is 3. The van der Waals surface area contributed by atoms with Crippen LogP contribution in [0.1, 0.15) is 25.8 Å². The molecule has 0 amide bonds. The zero-order valence-electron chi connectivity index (χ0n) is 8.00. The van der Waals surface area contributed by atoms with E-state index in [-0.39, 0.29) is 5.78 Å². The first-order valence-electron chi connectivity index (χ1n) is 4.29. The van der Waals surface area contributed by atoms with E-state index in [1.54, 1.807) is 23.6 Å². The average molecular weight is 206 g/mol. The van der Waals surface area contributed by atoms with Crippen LogP contribution < -0.4 is 0 Å². The number of carbonyl (C=O) groups excluding carboxylic acids is 1. The maximum atomic E-state index is 11.9. The number of rotatable bonds is 2. The molecule has 2 rings (SSSR count). The van der Waals surface area contributed by atoms with Gasteiger partial charge in [-0.05, 0) is 26.0 Å². The Morgan fingerprint density at radius 2 is 2.29 bits per heavy atom. The molecule has 2 aromatic heterocycles. The third kappa shape index (κ3) is 1.48. The summed E-state index contributed by atoms with van der Waals surface area (Å²) >= 11 is 1.64. The van der Waals surface area contributed by atoms with Crippen LogP contribution in [0.5, 0.6) is 0 Å². The first-order chi connectivity index (χ1) is 6.68. The number of thiophene rings is 1. The number of H-pyrrole nitrogens is 1. The van der Waals surface area contributed by atoms with E-state index in [9.17, 15) is 4.79 Å². The zero-order valence-corrected chi connectivity index (χ0v) is 8.81. The standard InChI is InChI=1S/C10H10N2OS/c1-6-5-8(7(2)14-6)10(13)9-3-4-11-12-9/h3-5H,1-2H3,(H,11,12). The van der Waals surface area contributed by atoms with Crippen molar-refractivity contribution < 1.29 is 4.79 Å². The smallest absolute Gasteiger partial charge is 0.211 e. The van der Waals surface area contributed by atoms with Crippen molar-refractivity contribution in [2.45, 2.75) is 13.8 Å². The maximum absolute atomic E-state index is 11.9. The highest BCUT2D eigenvalue weighted by atomic mass is 32.1. The van der Waals surface area contributed by atoms with Crippen LogP contribution in [0.2, 0.25) is 0 Å². The molecule has 0 aliphatic rings. The third-order valence-corrected chi connectivity index (χ3v) is 3.00. The van der Waals surface area contributed by atoms with Crippen molar-refractivity contribution in [1.29, 1.82) is 0 Å². The van der Waals surface area contributed by atoms with Gasteiger partial charge < -0.3 is 0 Å². The molecule has 0 fully saturated rings. The second-order valence-electron chi connectivity index (χ2n) is 3.13. The highest BCUT2D eigenvalue weighted by molar-refractivity contribution is 7.12. The number of aromatic amines is 1. The quantitative estimate of drug-likeness (QED) is 0.766. The molecule has 72 valence electrons. The fourth-order valence-corrected chi connectivity index (χ4v) is 2.30. The van der Waals surface area contributed by atoms with Crippen molar-refractivity contribution in [1.82, 2.24) is 10.2 Å². The van der Waals surface area contributed by atoms with Gasteiger partial charge in [0.1, 0.15) is 5.69 Å². The van der Waals surface area contributed by atoms with E-state index < -0.39 is 0 Å². The SMILES string of the molecule is Cc1cc(C(=O)c2ccn[nH]2)c(C)s1. The van der Waals surface area contributed by atoms with Gasteiger partial charge in [-0.2, -0.15) is 5.10 Å². The molecule has 1 N–H and O–H groups in total. The highest BCUT2D eigenvalue weighted by Crippen LogP contribution is 2.22. The molecule has 0 bridgehead atoms. The Labute approximate surface area is 85.8 Å². The van der Waals surface area contributed by atoms with Crippen LogP contribution in [0.4, 0.5) is 0 Å². The molecular formula is C10H10N2OS. The lowest BCUT2D eigenvalue weighted by Crippen LogP contribution is -2.01. The van der Waals surface area contributed by atoms with Crippen LogP contribution in [0, 0.1) is 13.8 Å². The highest BCUT2D eigenvalue weighted by Gasteiger charge is 2.14. The summed E-state index contributed by atoms with van der Waals surface area (Å²) in [5, 5.41) is 6.44. The van der Waals surface area contributed by atoms with Gasteiger partial charge in [-0.3, -0.25) is 9.89 Å². The molecule has 0 saturated heterocycles. The minimum absolute atomic E-state index is 0.0179. The summed E-state index contributed by atoms with van der Waals surface area (Å²) in [5.41, 5.74) is 1.32. The Hall–Kier alpha value is -1.42. The minimum Gasteiger partial charge on any atom is -0.287 e. The molecule has 14 heavy (non-hydrogen) atoms. The van der Waals surface area contributed by atoms with Gasteiger partial charge in [-0.25, -0.2) is 0 Å². The lowest BCUT2D eigenvalue weighted by Gasteiger charge is -1.94. The Morgan fingerprint density at radius 3 is 2.79 bits per heavy atom. The topological polar surface area (TPSA) is 45.8 Å². The normalized spacial score (nSPS) is 10.4. The second kappa shape index (κ2) is 3.38. The van der Waals surface area contributed by atoms with Gasteiger partial charge in [0.15, 0.2) is 0 Å². The summed E-state index contributed by atoms with van der Waals surface area (Å²) in [6.45, 7) is 3.96. The van der Waals surface area contributed by atoms with Gasteiger partial charge >= 0.3 is 0 Å². The molecule has 2 aromatic rings. The Balaban J connectivity index is 2.41. The van der Waals surface area contributed by atoms with Crippen LogP contribution in [-0.2, 0) is 0 Å². The average Bonchev–Trinajstić information content (AvgIpc) is 2.73. The molecule has 2 heterocycles. The molecule has 0 atom stereocenters. The van der Waals surface area contributed by atoms with Crippen LogP contribution in [-0.4, -0.2) is 16.0 Å². The Morgan fingerprint density at radius 1 is 1.50 bits per heavy atom. The summed E-state index contributed by atoms with van der Waals surface area (Å²) < 4.78 is 0. The number of nitrogens with zero attached hydrogens (tertiary/aromatic N) is 1. The fraction of sp³-hybridized carbons (Fsp3) is 0.200. The summed E-state index contributed by atoms with van der Waals surface area (Å²) in [7, 11) is 0. The van der Waals surface area contributed by atoms with Gasteiger partial charge in [-0.1, -0.05) is 0 Å². The number of aromatic nitrogens is 2. The maximum Gasteiger partial charge on any atom is 0.211 e. The van der Waals surface area contributed by atoms with E-state index in [1.165, 1.54) is 0 Å². The van der Waals surface area contributed by atoms with Crippen LogP contribution in [0.3, 0.4) is 0 Å². The van der Waals surface area contributed by atoms with Crippen LogP contribution >= 0.6 is 11.3 Å². The first kappa shape index (κ1) is 9.15. The lowest BCUT2D eigenvalue weighted by molar-refractivity contribution is 0.103. The van der Waals surface area contributed by atoms with E-state index in [0.717, 1.165) is 15.3 Å². The van der Waals surface area contributed by atoms with Crippen molar-refractivity contribution in [3.05, 3.63) is 39.3 Å². The summed E-state index contributed by atoms with van der Waals surface area (Å²) in [6, 6.07) is 3.61. The molecule has 0 saturated carbocycles. The van der Waals surface area contributed by atoms with Gasteiger partial charge in [0, 0.05) is 21.5 Å². The van der Waals surface area contributed by atoms with E-state index in [1.807, 2.05) is 19.9 Å². The van der Waals surface area contributed by atoms with Crippen LogP contribution in [0.25, 0.3) is 0 Å². The largest absolute Gasteiger partial charge is 0.287 e. The predicted octanol–water partition coefficient (Wildman–Crippen LogP) is 2.32.